The fraction of sp³-hybridized carbons (Fsp3) is 0.875. The molecule has 0 radical (unpaired) electrons. The number of hydrogen-bond acceptors (Lipinski definition) is 2. The maximum atomic E-state index is 10.6. The van der Waals surface area contributed by atoms with Gasteiger partial charge in [0.25, 0.3) is 0 Å². The molecule has 0 saturated carbocycles. The topological polar surface area (TPSA) is 49.3 Å². The summed E-state index contributed by atoms with van der Waals surface area (Å²) in [5, 5.41) is 12.0. The van der Waals surface area contributed by atoms with E-state index in [4.69, 9.17) is 5.11 Å². The summed E-state index contributed by atoms with van der Waals surface area (Å²) < 4.78 is 0. The van der Waals surface area contributed by atoms with Crippen LogP contribution >= 0.6 is 0 Å². The van der Waals surface area contributed by atoms with E-state index in [9.17, 15) is 4.79 Å². The molecule has 0 aromatic carbocycles. The number of rotatable bonds is 1. The van der Waals surface area contributed by atoms with Crippen LogP contribution in [0.2, 0.25) is 0 Å². The molecule has 1 saturated heterocycles. The Hall–Kier alpha value is -0.570. The maximum absolute atomic E-state index is 10.6. The predicted octanol–water partition coefficient (Wildman–Crippen LogP) is 0.848. The Balaban J connectivity index is 2.49. The molecule has 0 spiro atoms. The molecular formula is C8H15NO2. The van der Waals surface area contributed by atoms with Gasteiger partial charge < -0.3 is 10.4 Å². The highest BCUT2D eigenvalue weighted by molar-refractivity contribution is 5.70. The molecule has 1 aliphatic heterocycles. The molecule has 1 unspecified atom stereocenters. The van der Waals surface area contributed by atoms with Crippen molar-refractivity contribution in [2.45, 2.75) is 38.8 Å². The summed E-state index contributed by atoms with van der Waals surface area (Å²) >= 11 is 0. The lowest BCUT2D eigenvalue weighted by molar-refractivity contribution is -0.143. The molecule has 0 bridgehead atoms. The first-order valence-electron chi connectivity index (χ1n) is 4.08. The van der Waals surface area contributed by atoms with Crippen LogP contribution in [0.1, 0.15) is 26.7 Å². The molecule has 11 heavy (non-hydrogen) atoms. The largest absolute Gasteiger partial charge is 0.481 e. The minimum absolute atomic E-state index is 0.138. The fourth-order valence-electron chi connectivity index (χ4n) is 1.77. The number of carbonyl (C=O) groups is 1. The van der Waals surface area contributed by atoms with Crippen molar-refractivity contribution < 1.29 is 9.90 Å². The summed E-state index contributed by atoms with van der Waals surface area (Å²) in [5.74, 6) is -0.786. The molecule has 3 atom stereocenters. The second-order valence-electron chi connectivity index (χ2n) is 3.48. The van der Waals surface area contributed by atoms with Crippen LogP contribution in [0.5, 0.6) is 0 Å². The highest BCUT2D eigenvalue weighted by atomic mass is 16.4. The molecule has 1 rings (SSSR count). The van der Waals surface area contributed by atoms with E-state index >= 15 is 0 Å². The van der Waals surface area contributed by atoms with Crippen molar-refractivity contribution in [1.29, 1.82) is 0 Å². The van der Waals surface area contributed by atoms with Crippen LogP contribution in [0.25, 0.3) is 0 Å². The monoisotopic (exact) mass is 157 g/mol. The minimum Gasteiger partial charge on any atom is -0.481 e. The van der Waals surface area contributed by atoms with Crippen molar-refractivity contribution in [3.05, 3.63) is 0 Å². The standard InChI is InChI=1S/C8H15NO2/c1-5-3-7(8(10)11)4-6(2)9-5/h5-7,9H,3-4H2,1-2H3,(H,10,11)/t5-,6+,7?. The first-order chi connectivity index (χ1) is 5.09. The van der Waals surface area contributed by atoms with Gasteiger partial charge in [-0.2, -0.15) is 0 Å². The van der Waals surface area contributed by atoms with Crippen LogP contribution in [0, 0.1) is 5.92 Å². The molecular weight excluding hydrogens is 142 g/mol. The van der Waals surface area contributed by atoms with Gasteiger partial charge in [0, 0.05) is 12.1 Å². The van der Waals surface area contributed by atoms with Gasteiger partial charge in [0.05, 0.1) is 5.92 Å². The van der Waals surface area contributed by atoms with Gasteiger partial charge >= 0.3 is 5.97 Å². The number of piperidine rings is 1. The van der Waals surface area contributed by atoms with Crippen molar-refractivity contribution in [3.63, 3.8) is 0 Å². The quantitative estimate of drug-likeness (QED) is 0.593. The molecule has 0 aromatic heterocycles. The number of carboxylic acids is 1. The lowest BCUT2D eigenvalue weighted by Gasteiger charge is -2.30. The zero-order valence-corrected chi connectivity index (χ0v) is 7.00. The van der Waals surface area contributed by atoms with E-state index in [1.807, 2.05) is 13.8 Å². The third-order valence-electron chi connectivity index (χ3n) is 2.19. The normalized spacial score (nSPS) is 38.5. The first-order valence-corrected chi connectivity index (χ1v) is 4.08. The lowest BCUT2D eigenvalue weighted by atomic mass is 9.89. The highest BCUT2D eigenvalue weighted by Gasteiger charge is 2.27. The predicted molar refractivity (Wildman–Crippen MR) is 42.4 cm³/mol. The zero-order chi connectivity index (χ0) is 8.43. The number of nitrogens with one attached hydrogen (secondary N) is 1. The van der Waals surface area contributed by atoms with Crippen LogP contribution < -0.4 is 5.32 Å². The van der Waals surface area contributed by atoms with Gasteiger partial charge in [-0.05, 0) is 26.7 Å². The van der Waals surface area contributed by atoms with E-state index in [1.54, 1.807) is 0 Å². The van der Waals surface area contributed by atoms with Gasteiger partial charge in [0.1, 0.15) is 0 Å². The summed E-state index contributed by atoms with van der Waals surface area (Å²) in [6.45, 7) is 4.07. The smallest absolute Gasteiger partial charge is 0.306 e. The van der Waals surface area contributed by atoms with E-state index in [0.29, 0.717) is 12.1 Å². The third kappa shape index (κ3) is 2.19. The van der Waals surface area contributed by atoms with E-state index in [-0.39, 0.29) is 5.92 Å². The SMILES string of the molecule is C[C@@H]1CC(C(=O)O)C[C@H](C)N1. The Kier molecular flexibility index (Phi) is 2.49. The molecule has 64 valence electrons. The minimum atomic E-state index is -0.648. The second-order valence-corrected chi connectivity index (χ2v) is 3.48. The van der Waals surface area contributed by atoms with Crippen LogP contribution in [-0.2, 0) is 4.79 Å². The molecule has 1 heterocycles. The maximum Gasteiger partial charge on any atom is 0.306 e. The van der Waals surface area contributed by atoms with Crippen LogP contribution in [0.15, 0.2) is 0 Å². The number of hydrogen-bond donors (Lipinski definition) is 2. The zero-order valence-electron chi connectivity index (χ0n) is 7.00. The van der Waals surface area contributed by atoms with Crippen LogP contribution in [-0.4, -0.2) is 23.2 Å². The summed E-state index contributed by atoms with van der Waals surface area (Å²) in [6.07, 6.45) is 1.53. The molecule has 0 aliphatic carbocycles. The lowest BCUT2D eigenvalue weighted by Crippen LogP contribution is -2.44. The highest BCUT2D eigenvalue weighted by Crippen LogP contribution is 2.19. The van der Waals surface area contributed by atoms with Gasteiger partial charge in [-0.25, -0.2) is 0 Å². The van der Waals surface area contributed by atoms with Crippen LogP contribution in [0.4, 0.5) is 0 Å². The number of aliphatic carboxylic acids is 1. The average Bonchev–Trinajstić information content (AvgIpc) is 1.85. The molecule has 0 amide bonds. The van der Waals surface area contributed by atoms with E-state index < -0.39 is 5.97 Å². The Bertz CT molecular complexity index is 148. The Labute approximate surface area is 66.8 Å². The number of carboxylic acid groups (broad SMARTS) is 1. The van der Waals surface area contributed by atoms with Crippen molar-refractivity contribution in [1.82, 2.24) is 5.32 Å². The van der Waals surface area contributed by atoms with Crippen molar-refractivity contribution >= 4 is 5.97 Å². The Morgan fingerprint density at radius 3 is 2.18 bits per heavy atom. The van der Waals surface area contributed by atoms with Gasteiger partial charge in [-0.3, -0.25) is 4.79 Å². The van der Waals surface area contributed by atoms with Gasteiger partial charge in [0.15, 0.2) is 0 Å². The molecule has 3 nitrogen and oxygen atoms in total. The summed E-state index contributed by atoms with van der Waals surface area (Å²) in [6, 6.07) is 0.694. The second kappa shape index (κ2) is 3.22. The molecule has 0 aromatic rings. The first kappa shape index (κ1) is 8.53. The fourth-order valence-corrected chi connectivity index (χ4v) is 1.77. The Morgan fingerprint density at radius 1 is 1.36 bits per heavy atom. The molecule has 3 heteroatoms. The molecule has 2 N–H and O–H groups in total. The van der Waals surface area contributed by atoms with E-state index in [0.717, 1.165) is 12.8 Å². The van der Waals surface area contributed by atoms with Crippen LogP contribution in [0.3, 0.4) is 0 Å². The van der Waals surface area contributed by atoms with Crippen molar-refractivity contribution in [3.8, 4) is 0 Å². The molecule has 1 fully saturated rings. The third-order valence-corrected chi connectivity index (χ3v) is 2.19. The van der Waals surface area contributed by atoms with Crippen molar-refractivity contribution in [2.75, 3.05) is 0 Å². The molecule has 1 aliphatic rings. The van der Waals surface area contributed by atoms with E-state index in [2.05, 4.69) is 5.32 Å². The summed E-state index contributed by atoms with van der Waals surface area (Å²) in [4.78, 5) is 10.6. The Morgan fingerprint density at radius 2 is 1.82 bits per heavy atom. The van der Waals surface area contributed by atoms with Gasteiger partial charge in [-0.15, -0.1) is 0 Å². The van der Waals surface area contributed by atoms with Gasteiger partial charge in [-0.1, -0.05) is 0 Å². The summed E-state index contributed by atoms with van der Waals surface area (Å²) in [5.41, 5.74) is 0. The van der Waals surface area contributed by atoms with E-state index in [1.165, 1.54) is 0 Å². The van der Waals surface area contributed by atoms with Crippen molar-refractivity contribution in [2.24, 2.45) is 5.92 Å². The summed E-state index contributed by atoms with van der Waals surface area (Å²) in [7, 11) is 0. The average molecular weight is 157 g/mol. The van der Waals surface area contributed by atoms with Gasteiger partial charge in [0.2, 0.25) is 0 Å².